The normalized spacial score (nSPS) is 11.3. The van der Waals surface area contributed by atoms with Crippen molar-refractivity contribution in [2.75, 3.05) is 11.9 Å². The van der Waals surface area contributed by atoms with E-state index in [0.29, 0.717) is 17.9 Å². The van der Waals surface area contributed by atoms with E-state index in [1.807, 2.05) is 26.0 Å². The molecule has 0 atom stereocenters. The fourth-order valence-electron chi connectivity index (χ4n) is 2.20. The Hall–Kier alpha value is -2.37. The standard InChI is InChI=1S/C14H18N4O2/c1-4-5-6-7-15-12-10(14(19)20)8-16-13-11(12)9(2)17-18(13)3/h4-5,8H,6-7H2,1-3H3,(H,15,16)(H,19,20)/b5-4+. The van der Waals surface area contributed by atoms with Crippen LogP contribution in [0, 0.1) is 6.92 Å². The molecule has 2 rings (SSSR count). The van der Waals surface area contributed by atoms with Gasteiger partial charge in [-0.2, -0.15) is 5.10 Å². The van der Waals surface area contributed by atoms with Crippen molar-refractivity contribution in [3.8, 4) is 0 Å². The van der Waals surface area contributed by atoms with Crippen molar-refractivity contribution in [1.82, 2.24) is 14.8 Å². The maximum absolute atomic E-state index is 11.4. The lowest BCUT2D eigenvalue weighted by atomic mass is 10.1. The van der Waals surface area contributed by atoms with Gasteiger partial charge in [0.25, 0.3) is 0 Å². The zero-order chi connectivity index (χ0) is 14.7. The molecule has 0 aliphatic carbocycles. The molecule has 6 heteroatoms. The predicted molar refractivity (Wildman–Crippen MR) is 78.1 cm³/mol. The molecule has 0 bridgehead atoms. The molecule has 20 heavy (non-hydrogen) atoms. The van der Waals surface area contributed by atoms with Crippen molar-refractivity contribution < 1.29 is 9.90 Å². The number of allylic oxidation sites excluding steroid dienone is 1. The minimum Gasteiger partial charge on any atom is -0.478 e. The number of carboxylic acid groups (broad SMARTS) is 1. The first-order chi connectivity index (χ1) is 9.56. The van der Waals surface area contributed by atoms with Gasteiger partial charge < -0.3 is 10.4 Å². The fourth-order valence-corrected chi connectivity index (χ4v) is 2.20. The van der Waals surface area contributed by atoms with Crippen LogP contribution in [0.4, 0.5) is 5.69 Å². The molecule has 2 heterocycles. The van der Waals surface area contributed by atoms with Crippen molar-refractivity contribution in [2.24, 2.45) is 7.05 Å². The van der Waals surface area contributed by atoms with Crippen LogP contribution in [0.25, 0.3) is 11.0 Å². The molecule has 0 fully saturated rings. The quantitative estimate of drug-likeness (QED) is 0.646. The van der Waals surface area contributed by atoms with Gasteiger partial charge >= 0.3 is 5.97 Å². The van der Waals surface area contributed by atoms with Gasteiger partial charge in [-0.05, 0) is 20.3 Å². The van der Waals surface area contributed by atoms with Gasteiger partial charge in [-0.3, -0.25) is 4.68 Å². The smallest absolute Gasteiger partial charge is 0.339 e. The maximum Gasteiger partial charge on any atom is 0.339 e. The van der Waals surface area contributed by atoms with Gasteiger partial charge in [-0.15, -0.1) is 0 Å². The third-order valence-electron chi connectivity index (χ3n) is 3.11. The molecular weight excluding hydrogens is 256 g/mol. The average molecular weight is 274 g/mol. The Balaban J connectivity index is 2.50. The van der Waals surface area contributed by atoms with E-state index in [1.165, 1.54) is 6.20 Å². The first-order valence-electron chi connectivity index (χ1n) is 6.47. The van der Waals surface area contributed by atoms with Crippen LogP contribution in [0.2, 0.25) is 0 Å². The van der Waals surface area contributed by atoms with Crippen molar-refractivity contribution in [2.45, 2.75) is 20.3 Å². The van der Waals surface area contributed by atoms with E-state index in [0.717, 1.165) is 17.5 Å². The maximum atomic E-state index is 11.4. The summed E-state index contributed by atoms with van der Waals surface area (Å²) in [5.41, 5.74) is 2.22. The van der Waals surface area contributed by atoms with Crippen LogP contribution >= 0.6 is 0 Å². The van der Waals surface area contributed by atoms with E-state index < -0.39 is 5.97 Å². The molecule has 0 unspecified atom stereocenters. The summed E-state index contributed by atoms with van der Waals surface area (Å²) in [6.07, 6.45) is 6.21. The summed E-state index contributed by atoms with van der Waals surface area (Å²) in [4.78, 5) is 15.5. The molecule has 0 spiro atoms. The Bertz CT molecular complexity index is 673. The van der Waals surface area contributed by atoms with Crippen molar-refractivity contribution in [3.05, 3.63) is 29.6 Å². The summed E-state index contributed by atoms with van der Waals surface area (Å²) in [6, 6.07) is 0. The Morgan fingerprint density at radius 3 is 2.95 bits per heavy atom. The number of carboxylic acids is 1. The molecule has 0 radical (unpaired) electrons. The number of carbonyl (C=O) groups is 1. The molecule has 2 aromatic rings. The Kier molecular flexibility index (Phi) is 4.02. The number of rotatable bonds is 5. The van der Waals surface area contributed by atoms with Crippen LogP contribution < -0.4 is 5.32 Å². The van der Waals surface area contributed by atoms with E-state index >= 15 is 0 Å². The minimum absolute atomic E-state index is 0.175. The third kappa shape index (κ3) is 2.49. The zero-order valence-corrected chi connectivity index (χ0v) is 11.8. The highest BCUT2D eigenvalue weighted by Gasteiger charge is 2.18. The van der Waals surface area contributed by atoms with E-state index in [-0.39, 0.29) is 5.56 Å². The second-order valence-electron chi connectivity index (χ2n) is 4.54. The van der Waals surface area contributed by atoms with E-state index in [2.05, 4.69) is 15.4 Å². The topological polar surface area (TPSA) is 80.0 Å². The monoisotopic (exact) mass is 274 g/mol. The number of aromatic carboxylic acids is 1. The Labute approximate surface area is 117 Å². The van der Waals surface area contributed by atoms with Gasteiger partial charge in [0.1, 0.15) is 5.56 Å². The van der Waals surface area contributed by atoms with Gasteiger partial charge in [0.2, 0.25) is 0 Å². The lowest BCUT2D eigenvalue weighted by Crippen LogP contribution is -2.09. The van der Waals surface area contributed by atoms with Crippen LogP contribution in [0.5, 0.6) is 0 Å². The second-order valence-corrected chi connectivity index (χ2v) is 4.54. The fraction of sp³-hybridized carbons (Fsp3) is 0.357. The molecule has 0 saturated heterocycles. The SMILES string of the molecule is C/C=C/CCNc1c(C(=O)O)cnc2c1c(C)nn2C. The van der Waals surface area contributed by atoms with Crippen LogP contribution in [-0.4, -0.2) is 32.4 Å². The van der Waals surface area contributed by atoms with Crippen molar-refractivity contribution >= 4 is 22.7 Å². The van der Waals surface area contributed by atoms with E-state index in [4.69, 9.17) is 0 Å². The number of pyridine rings is 1. The van der Waals surface area contributed by atoms with E-state index in [1.54, 1.807) is 11.7 Å². The highest BCUT2D eigenvalue weighted by molar-refractivity contribution is 6.04. The lowest BCUT2D eigenvalue weighted by Gasteiger charge is -2.10. The molecule has 0 saturated carbocycles. The summed E-state index contributed by atoms with van der Waals surface area (Å²) >= 11 is 0. The number of anilines is 1. The van der Waals surface area contributed by atoms with Gasteiger partial charge in [0, 0.05) is 19.8 Å². The van der Waals surface area contributed by atoms with Crippen LogP contribution in [-0.2, 0) is 7.05 Å². The second kappa shape index (κ2) is 5.73. The van der Waals surface area contributed by atoms with Gasteiger partial charge in [-0.1, -0.05) is 12.2 Å². The number of aryl methyl sites for hydroxylation is 2. The highest BCUT2D eigenvalue weighted by atomic mass is 16.4. The van der Waals surface area contributed by atoms with Crippen molar-refractivity contribution in [1.29, 1.82) is 0 Å². The molecule has 0 amide bonds. The summed E-state index contributed by atoms with van der Waals surface area (Å²) in [7, 11) is 1.80. The minimum atomic E-state index is -0.990. The van der Waals surface area contributed by atoms with E-state index in [9.17, 15) is 9.90 Å². The summed E-state index contributed by atoms with van der Waals surface area (Å²) < 4.78 is 1.66. The van der Waals surface area contributed by atoms with Crippen LogP contribution in [0.1, 0.15) is 29.4 Å². The number of nitrogens with one attached hydrogen (secondary N) is 1. The number of hydrogen-bond donors (Lipinski definition) is 2. The molecule has 2 N–H and O–H groups in total. The first kappa shape index (κ1) is 14.0. The summed E-state index contributed by atoms with van der Waals surface area (Å²) in [5.74, 6) is -0.990. The molecular formula is C14H18N4O2. The molecule has 6 nitrogen and oxygen atoms in total. The number of aromatic nitrogens is 3. The highest BCUT2D eigenvalue weighted by Crippen LogP contribution is 2.28. The Morgan fingerprint density at radius 1 is 1.55 bits per heavy atom. The predicted octanol–water partition coefficient (Wildman–Crippen LogP) is 2.35. The zero-order valence-electron chi connectivity index (χ0n) is 11.8. The largest absolute Gasteiger partial charge is 0.478 e. The molecule has 0 aliphatic heterocycles. The molecule has 2 aromatic heterocycles. The van der Waals surface area contributed by atoms with Crippen LogP contribution in [0.3, 0.4) is 0 Å². The summed E-state index contributed by atoms with van der Waals surface area (Å²) in [6.45, 7) is 4.48. The molecule has 0 aromatic carbocycles. The molecule has 106 valence electrons. The number of nitrogens with zero attached hydrogens (tertiary/aromatic N) is 3. The number of hydrogen-bond acceptors (Lipinski definition) is 4. The van der Waals surface area contributed by atoms with Gasteiger partial charge in [0.15, 0.2) is 5.65 Å². The van der Waals surface area contributed by atoms with Crippen LogP contribution in [0.15, 0.2) is 18.3 Å². The number of fused-ring (bicyclic) bond motifs is 1. The van der Waals surface area contributed by atoms with Gasteiger partial charge in [0.05, 0.1) is 16.8 Å². The Morgan fingerprint density at radius 2 is 2.30 bits per heavy atom. The molecule has 0 aliphatic rings. The third-order valence-corrected chi connectivity index (χ3v) is 3.11. The lowest BCUT2D eigenvalue weighted by molar-refractivity contribution is 0.0697. The average Bonchev–Trinajstić information content (AvgIpc) is 2.70. The van der Waals surface area contributed by atoms with Crippen molar-refractivity contribution in [3.63, 3.8) is 0 Å². The summed E-state index contributed by atoms with van der Waals surface area (Å²) in [5, 5.41) is 17.6. The van der Waals surface area contributed by atoms with Gasteiger partial charge in [-0.25, -0.2) is 9.78 Å². The first-order valence-corrected chi connectivity index (χ1v) is 6.47.